The zero-order chi connectivity index (χ0) is 10.6. The SMILES string of the molecule is CCSCC(=O)c1cc([N+](=O)[O-])c[nH]1. The molecule has 0 aliphatic carbocycles. The Labute approximate surface area is 85.0 Å². The van der Waals surface area contributed by atoms with Crippen molar-refractivity contribution < 1.29 is 9.72 Å². The average Bonchev–Trinajstić information content (AvgIpc) is 2.62. The number of thioether (sulfide) groups is 1. The highest BCUT2D eigenvalue weighted by Gasteiger charge is 2.13. The Balaban J connectivity index is 2.66. The van der Waals surface area contributed by atoms with Crippen LogP contribution >= 0.6 is 11.8 Å². The van der Waals surface area contributed by atoms with Gasteiger partial charge in [-0.15, -0.1) is 0 Å². The molecule has 1 aromatic rings. The molecule has 0 spiro atoms. The van der Waals surface area contributed by atoms with Gasteiger partial charge in [0.05, 0.1) is 22.6 Å². The molecule has 0 fully saturated rings. The van der Waals surface area contributed by atoms with Crippen LogP contribution in [0.1, 0.15) is 17.4 Å². The first-order valence-electron chi connectivity index (χ1n) is 4.09. The Morgan fingerprint density at radius 2 is 2.43 bits per heavy atom. The van der Waals surface area contributed by atoms with E-state index in [9.17, 15) is 14.9 Å². The molecule has 5 nitrogen and oxygen atoms in total. The van der Waals surface area contributed by atoms with Crippen LogP contribution in [0.15, 0.2) is 12.3 Å². The van der Waals surface area contributed by atoms with Gasteiger partial charge >= 0.3 is 0 Å². The van der Waals surface area contributed by atoms with Crippen LogP contribution in [-0.4, -0.2) is 27.2 Å². The van der Waals surface area contributed by atoms with E-state index in [0.29, 0.717) is 11.4 Å². The predicted octanol–water partition coefficient (Wildman–Crippen LogP) is 1.86. The second-order valence-corrected chi connectivity index (χ2v) is 3.86. The number of nitrogens with one attached hydrogen (secondary N) is 1. The topological polar surface area (TPSA) is 76.0 Å². The molecule has 0 aromatic carbocycles. The number of Topliss-reactive ketones (excluding diaryl/α,β-unsaturated/α-hetero) is 1. The van der Waals surface area contributed by atoms with Gasteiger partial charge in [-0.2, -0.15) is 11.8 Å². The van der Waals surface area contributed by atoms with Gasteiger partial charge in [-0.25, -0.2) is 0 Å². The van der Waals surface area contributed by atoms with Gasteiger partial charge in [0.25, 0.3) is 5.69 Å². The Kier molecular flexibility index (Phi) is 3.70. The number of hydrogen-bond donors (Lipinski definition) is 1. The molecule has 1 heterocycles. The smallest absolute Gasteiger partial charge is 0.287 e. The van der Waals surface area contributed by atoms with Gasteiger partial charge in [-0.05, 0) is 5.75 Å². The van der Waals surface area contributed by atoms with Gasteiger partial charge in [-0.1, -0.05) is 6.92 Å². The first-order valence-corrected chi connectivity index (χ1v) is 5.24. The quantitative estimate of drug-likeness (QED) is 0.461. The molecule has 0 radical (unpaired) electrons. The van der Waals surface area contributed by atoms with Crippen molar-refractivity contribution in [1.29, 1.82) is 0 Å². The minimum absolute atomic E-state index is 0.0742. The van der Waals surface area contributed by atoms with E-state index in [1.807, 2.05) is 6.92 Å². The van der Waals surface area contributed by atoms with Crippen LogP contribution in [0.3, 0.4) is 0 Å². The molecule has 76 valence electrons. The maximum absolute atomic E-state index is 11.4. The lowest BCUT2D eigenvalue weighted by Gasteiger charge is -1.94. The van der Waals surface area contributed by atoms with Crippen molar-refractivity contribution in [3.05, 3.63) is 28.1 Å². The van der Waals surface area contributed by atoms with E-state index in [0.717, 1.165) is 5.75 Å². The minimum Gasteiger partial charge on any atom is -0.353 e. The Morgan fingerprint density at radius 1 is 1.71 bits per heavy atom. The number of aromatic amines is 1. The van der Waals surface area contributed by atoms with Gasteiger partial charge in [0, 0.05) is 6.07 Å². The van der Waals surface area contributed by atoms with Crippen molar-refractivity contribution in [3.8, 4) is 0 Å². The number of ketones is 1. The number of rotatable bonds is 5. The fourth-order valence-corrected chi connectivity index (χ4v) is 1.47. The van der Waals surface area contributed by atoms with Crippen LogP contribution in [0.5, 0.6) is 0 Å². The highest BCUT2D eigenvalue weighted by atomic mass is 32.2. The van der Waals surface area contributed by atoms with Crippen molar-refractivity contribution >= 4 is 23.2 Å². The molecule has 0 atom stereocenters. The second-order valence-electron chi connectivity index (χ2n) is 2.59. The summed E-state index contributed by atoms with van der Waals surface area (Å²) in [7, 11) is 0. The molecule has 0 aliphatic rings. The van der Waals surface area contributed by atoms with Crippen LogP contribution in [0, 0.1) is 10.1 Å². The number of aromatic nitrogens is 1. The fourth-order valence-electron chi connectivity index (χ4n) is 0.922. The second kappa shape index (κ2) is 4.80. The van der Waals surface area contributed by atoms with E-state index in [1.54, 1.807) is 0 Å². The number of H-pyrrole nitrogens is 1. The van der Waals surface area contributed by atoms with Crippen molar-refractivity contribution in [1.82, 2.24) is 4.98 Å². The molecule has 1 N–H and O–H groups in total. The zero-order valence-corrected chi connectivity index (χ0v) is 8.47. The molecule has 0 saturated heterocycles. The number of nitro groups is 1. The maximum Gasteiger partial charge on any atom is 0.287 e. The molecule has 14 heavy (non-hydrogen) atoms. The lowest BCUT2D eigenvalue weighted by molar-refractivity contribution is -0.384. The van der Waals surface area contributed by atoms with Crippen molar-refractivity contribution in [2.45, 2.75) is 6.92 Å². The van der Waals surface area contributed by atoms with Gasteiger partial charge < -0.3 is 4.98 Å². The van der Waals surface area contributed by atoms with Crippen LogP contribution in [0.25, 0.3) is 0 Å². The third-order valence-electron chi connectivity index (χ3n) is 1.62. The molecule has 1 aromatic heterocycles. The van der Waals surface area contributed by atoms with E-state index in [1.165, 1.54) is 24.0 Å². The van der Waals surface area contributed by atoms with Crippen LogP contribution < -0.4 is 0 Å². The van der Waals surface area contributed by atoms with Crippen LogP contribution in [0.2, 0.25) is 0 Å². The first kappa shape index (κ1) is 10.8. The molecule has 1 rings (SSSR count). The third-order valence-corrected chi connectivity index (χ3v) is 2.49. The van der Waals surface area contributed by atoms with Crippen molar-refractivity contribution in [2.24, 2.45) is 0 Å². The summed E-state index contributed by atoms with van der Waals surface area (Å²) in [5.41, 5.74) is 0.229. The lowest BCUT2D eigenvalue weighted by atomic mass is 10.3. The molecule has 0 unspecified atom stereocenters. The van der Waals surface area contributed by atoms with Gasteiger partial charge in [0.1, 0.15) is 0 Å². The molecule has 6 heteroatoms. The summed E-state index contributed by atoms with van der Waals surface area (Å²) < 4.78 is 0. The lowest BCUT2D eigenvalue weighted by Crippen LogP contribution is -2.02. The van der Waals surface area contributed by atoms with E-state index >= 15 is 0 Å². The molecule has 0 amide bonds. The van der Waals surface area contributed by atoms with Gasteiger partial charge in [0.2, 0.25) is 0 Å². The third kappa shape index (κ3) is 2.59. The normalized spacial score (nSPS) is 10.1. The average molecular weight is 214 g/mol. The summed E-state index contributed by atoms with van der Waals surface area (Å²) >= 11 is 1.49. The van der Waals surface area contributed by atoms with Crippen LogP contribution in [-0.2, 0) is 0 Å². The summed E-state index contributed by atoms with van der Waals surface area (Å²) in [6, 6.07) is 1.26. The monoisotopic (exact) mass is 214 g/mol. The summed E-state index contributed by atoms with van der Waals surface area (Å²) in [5.74, 6) is 1.10. The Hall–Kier alpha value is -1.30. The summed E-state index contributed by atoms with van der Waals surface area (Å²) in [5, 5.41) is 10.3. The number of carbonyl (C=O) groups excluding carboxylic acids is 1. The van der Waals surface area contributed by atoms with Gasteiger partial charge in [-0.3, -0.25) is 14.9 Å². The number of nitrogens with zero attached hydrogens (tertiary/aromatic N) is 1. The highest BCUT2D eigenvalue weighted by molar-refractivity contribution is 7.99. The molecule has 0 saturated carbocycles. The minimum atomic E-state index is -0.528. The molecule has 0 aliphatic heterocycles. The Morgan fingerprint density at radius 3 is 2.93 bits per heavy atom. The number of hydrogen-bond acceptors (Lipinski definition) is 4. The Bertz CT molecular complexity index is 348. The zero-order valence-electron chi connectivity index (χ0n) is 7.65. The van der Waals surface area contributed by atoms with Gasteiger partial charge in [0.15, 0.2) is 5.78 Å². The largest absolute Gasteiger partial charge is 0.353 e. The van der Waals surface area contributed by atoms with Crippen molar-refractivity contribution in [3.63, 3.8) is 0 Å². The summed E-state index contributed by atoms with van der Waals surface area (Å²) in [6.07, 6.45) is 1.23. The standard InChI is InChI=1S/C8H10N2O3S/c1-2-14-5-8(11)7-3-6(4-9-7)10(12)13/h3-4,9H,2,5H2,1H3. The first-order chi connectivity index (χ1) is 6.65. The fraction of sp³-hybridized carbons (Fsp3) is 0.375. The van der Waals surface area contributed by atoms with E-state index in [-0.39, 0.29) is 11.5 Å². The predicted molar refractivity (Wildman–Crippen MR) is 54.8 cm³/mol. The molecular formula is C8H10N2O3S. The van der Waals surface area contributed by atoms with E-state index in [2.05, 4.69) is 4.98 Å². The van der Waals surface area contributed by atoms with Crippen LogP contribution in [0.4, 0.5) is 5.69 Å². The van der Waals surface area contributed by atoms with E-state index in [4.69, 9.17) is 0 Å². The van der Waals surface area contributed by atoms with E-state index < -0.39 is 4.92 Å². The summed E-state index contributed by atoms with van der Waals surface area (Å²) in [4.78, 5) is 23.7. The summed E-state index contributed by atoms with van der Waals surface area (Å²) in [6.45, 7) is 1.95. The number of carbonyl (C=O) groups is 1. The molecule has 0 bridgehead atoms. The molecular weight excluding hydrogens is 204 g/mol. The highest BCUT2D eigenvalue weighted by Crippen LogP contribution is 2.14. The van der Waals surface area contributed by atoms with Crippen molar-refractivity contribution in [2.75, 3.05) is 11.5 Å². The maximum atomic E-state index is 11.4.